The Balaban J connectivity index is 0.887. The van der Waals surface area contributed by atoms with E-state index in [1.54, 1.807) is 0 Å². The maximum Gasteiger partial charge on any atom is 0.145 e. The van der Waals surface area contributed by atoms with E-state index in [1.807, 2.05) is 0 Å². The van der Waals surface area contributed by atoms with Crippen molar-refractivity contribution >= 4 is 60.5 Å². The van der Waals surface area contributed by atoms with Crippen molar-refractivity contribution in [2.24, 2.45) is 0 Å². The molecule has 1 aliphatic carbocycles. The summed E-state index contributed by atoms with van der Waals surface area (Å²) >= 11 is 0. The van der Waals surface area contributed by atoms with E-state index in [1.165, 1.54) is 77.2 Å². The van der Waals surface area contributed by atoms with Crippen molar-refractivity contribution < 1.29 is 4.42 Å². The fraction of sp³-hybridized carbons (Fsp3) is 0.0133. The maximum atomic E-state index is 6.99. The average molecular weight is 980 g/mol. The van der Waals surface area contributed by atoms with E-state index in [0.717, 1.165) is 61.3 Å². The number of furan rings is 1. The smallest absolute Gasteiger partial charge is 0.145 e. The lowest BCUT2D eigenvalue weighted by atomic mass is 9.67. The van der Waals surface area contributed by atoms with Crippen LogP contribution in [0.5, 0.6) is 0 Å². The molecule has 0 amide bonds. The molecule has 0 spiro atoms. The average Bonchev–Trinajstić information content (AvgIpc) is 4.25. The molecule has 13 aromatic carbocycles. The van der Waals surface area contributed by atoms with Gasteiger partial charge in [-0.3, -0.25) is 0 Å². The van der Waals surface area contributed by atoms with Crippen molar-refractivity contribution in [2.75, 3.05) is 4.90 Å². The highest BCUT2D eigenvalue weighted by atomic mass is 16.3. The van der Waals surface area contributed by atoms with Crippen LogP contribution >= 0.6 is 0 Å². The monoisotopic (exact) mass is 979 g/mol. The molecule has 2 nitrogen and oxygen atoms in total. The Labute approximate surface area is 448 Å². The van der Waals surface area contributed by atoms with Gasteiger partial charge >= 0.3 is 0 Å². The summed E-state index contributed by atoms with van der Waals surface area (Å²) in [5.41, 5.74) is 21.3. The number of nitrogens with zero attached hydrogens (tertiary/aromatic N) is 1. The molecule has 0 atom stereocenters. The fourth-order valence-electron chi connectivity index (χ4n) is 12.7. The van der Waals surface area contributed by atoms with E-state index in [2.05, 4.69) is 302 Å². The molecule has 0 radical (unpaired) electrons. The molecule has 0 fully saturated rings. The lowest BCUT2D eigenvalue weighted by molar-refractivity contribution is 0.670. The van der Waals surface area contributed by atoms with Crippen LogP contribution in [0.25, 0.3) is 99.1 Å². The van der Waals surface area contributed by atoms with Crippen LogP contribution in [0.1, 0.15) is 22.3 Å². The minimum atomic E-state index is -0.485. The Hall–Kier alpha value is -10.0. The van der Waals surface area contributed by atoms with Crippen LogP contribution in [0.3, 0.4) is 0 Å². The zero-order chi connectivity index (χ0) is 50.9. The second-order valence-corrected chi connectivity index (χ2v) is 20.3. The van der Waals surface area contributed by atoms with E-state index in [4.69, 9.17) is 4.42 Å². The fourth-order valence-corrected chi connectivity index (χ4v) is 12.7. The minimum Gasteiger partial charge on any atom is -0.455 e. The third-order valence-electron chi connectivity index (χ3n) is 16.2. The van der Waals surface area contributed by atoms with Crippen LogP contribution in [0.4, 0.5) is 17.1 Å². The molecule has 0 bridgehead atoms. The molecule has 0 saturated carbocycles. The Morgan fingerprint density at radius 2 is 0.766 bits per heavy atom. The summed E-state index contributed by atoms with van der Waals surface area (Å²) in [6.45, 7) is 0. The number of hydrogen-bond donors (Lipinski definition) is 0. The lowest BCUT2D eigenvalue weighted by Crippen LogP contribution is -2.28. The van der Waals surface area contributed by atoms with E-state index in [-0.39, 0.29) is 0 Å². The van der Waals surface area contributed by atoms with Crippen molar-refractivity contribution in [3.8, 4) is 55.6 Å². The highest BCUT2D eigenvalue weighted by molar-refractivity contribution is 6.18. The first-order valence-electron chi connectivity index (χ1n) is 26.6. The summed E-state index contributed by atoms with van der Waals surface area (Å²) in [6.07, 6.45) is 0. The normalized spacial score (nSPS) is 12.5. The second-order valence-electron chi connectivity index (χ2n) is 20.3. The molecule has 77 heavy (non-hydrogen) atoms. The molecule has 0 aliphatic heterocycles. The van der Waals surface area contributed by atoms with Crippen LogP contribution in [-0.4, -0.2) is 0 Å². The van der Waals surface area contributed by atoms with Gasteiger partial charge in [0.05, 0.1) is 16.5 Å². The van der Waals surface area contributed by atoms with E-state index in [9.17, 15) is 0 Å². The second kappa shape index (κ2) is 18.1. The standard InChI is InChI=1S/C75H49NO/c1-3-24-57(25-4-1)75(58-26-5-2-6-27-58)69-34-13-11-30-65(69)66-45-40-55(49-70(66)75)51-38-43-60(44-39-51)76(59-41-36-50(37-42-59)54-22-15-23-56(48-54)63-32-16-20-52-18-7-9-28-61(52)63)71-47-46-67(64-33-17-21-53-19-8-10-29-62(53)64)74-73(71)68-31-12-14-35-72(68)77-74/h1-49H. The summed E-state index contributed by atoms with van der Waals surface area (Å²) in [6, 6.07) is 109. The van der Waals surface area contributed by atoms with Gasteiger partial charge in [-0.25, -0.2) is 0 Å². The van der Waals surface area contributed by atoms with Gasteiger partial charge in [-0.05, 0) is 148 Å². The number of benzene rings is 13. The quantitative estimate of drug-likeness (QED) is 0.143. The topological polar surface area (TPSA) is 16.4 Å². The molecule has 1 aliphatic rings. The summed E-state index contributed by atoms with van der Waals surface area (Å²) in [7, 11) is 0. The Bertz CT molecular complexity index is 4500. The number of hydrogen-bond acceptors (Lipinski definition) is 2. The SMILES string of the molecule is c1ccc(C2(c3ccccc3)c3ccccc3-c3ccc(-c4ccc(N(c5ccc(-c6cccc(-c7cccc8ccccc78)c6)cc5)c5ccc(-c6cccc7ccccc67)c6oc7ccccc7c56)cc4)cc32)cc1. The van der Waals surface area contributed by atoms with Crippen LogP contribution in [0.2, 0.25) is 0 Å². The summed E-state index contributed by atoms with van der Waals surface area (Å²) in [4.78, 5) is 2.41. The van der Waals surface area contributed by atoms with E-state index in [0.29, 0.717) is 0 Å². The third-order valence-corrected chi connectivity index (χ3v) is 16.2. The van der Waals surface area contributed by atoms with Gasteiger partial charge in [0.2, 0.25) is 0 Å². The first-order valence-corrected chi connectivity index (χ1v) is 26.6. The van der Waals surface area contributed by atoms with Gasteiger partial charge in [0, 0.05) is 22.3 Å². The maximum absolute atomic E-state index is 6.99. The molecule has 2 heteroatoms. The van der Waals surface area contributed by atoms with Gasteiger partial charge in [0.25, 0.3) is 0 Å². The van der Waals surface area contributed by atoms with Crippen molar-refractivity contribution in [1.29, 1.82) is 0 Å². The first-order chi connectivity index (χ1) is 38.2. The summed E-state index contributed by atoms with van der Waals surface area (Å²) < 4.78 is 6.99. The number of para-hydroxylation sites is 1. The zero-order valence-electron chi connectivity index (χ0n) is 42.1. The molecule has 0 N–H and O–H groups in total. The largest absolute Gasteiger partial charge is 0.455 e. The van der Waals surface area contributed by atoms with Crippen LogP contribution < -0.4 is 4.90 Å². The number of anilines is 3. The van der Waals surface area contributed by atoms with Crippen molar-refractivity contribution in [2.45, 2.75) is 5.41 Å². The molecule has 0 unspecified atom stereocenters. The lowest BCUT2D eigenvalue weighted by Gasteiger charge is -2.34. The molecule has 14 aromatic rings. The highest BCUT2D eigenvalue weighted by Gasteiger charge is 2.46. The minimum absolute atomic E-state index is 0.485. The molecule has 1 aromatic heterocycles. The molecular formula is C75H49NO. The summed E-state index contributed by atoms with van der Waals surface area (Å²) in [5, 5.41) is 7.02. The van der Waals surface area contributed by atoms with Gasteiger partial charge in [-0.15, -0.1) is 0 Å². The molecule has 1 heterocycles. The Morgan fingerprint density at radius 3 is 1.45 bits per heavy atom. The van der Waals surface area contributed by atoms with Gasteiger partial charge in [0.15, 0.2) is 0 Å². The van der Waals surface area contributed by atoms with E-state index < -0.39 is 5.41 Å². The zero-order valence-corrected chi connectivity index (χ0v) is 42.1. The Kier molecular flexibility index (Phi) is 10.5. The highest BCUT2D eigenvalue weighted by Crippen LogP contribution is 2.57. The van der Waals surface area contributed by atoms with Gasteiger partial charge < -0.3 is 9.32 Å². The van der Waals surface area contributed by atoms with Gasteiger partial charge in [-0.1, -0.05) is 243 Å². The molecule has 360 valence electrons. The Morgan fingerprint density at radius 1 is 0.286 bits per heavy atom. The van der Waals surface area contributed by atoms with Crippen LogP contribution in [0, 0.1) is 0 Å². The predicted octanol–water partition coefficient (Wildman–Crippen LogP) is 20.4. The van der Waals surface area contributed by atoms with Crippen molar-refractivity contribution in [3.63, 3.8) is 0 Å². The van der Waals surface area contributed by atoms with Crippen LogP contribution in [-0.2, 0) is 5.41 Å². The number of rotatable bonds is 9. The van der Waals surface area contributed by atoms with Gasteiger partial charge in [-0.2, -0.15) is 0 Å². The first kappa shape index (κ1) is 44.5. The van der Waals surface area contributed by atoms with Gasteiger partial charge in [0.1, 0.15) is 11.2 Å². The molecule has 15 rings (SSSR count). The number of fused-ring (bicyclic) bond motifs is 8. The van der Waals surface area contributed by atoms with Crippen molar-refractivity contribution in [1.82, 2.24) is 0 Å². The third kappa shape index (κ3) is 7.18. The molecule has 0 saturated heterocycles. The summed E-state index contributed by atoms with van der Waals surface area (Å²) in [5.74, 6) is 0. The van der Waals surface area contributed by atoms with E-state index >= 15 is 0 Å². The van der Waals surface area contributed by atoms with Crippen LogP contribution in [0.15, 0.2) is 302 Å². The molecular weight excluding hydrogens is 931 g/mol. The van der Waals surface area contributed by atoms with Crippen molar-refractivity contribution in [3.05, 3.63) is 320 Å². The predicted molar refractivity (Wildman–Crippen MR) is 322 cm³/mol.